The number of thiophene rings is 1. The summed E-state index contributed by atoms with van der Waals surface area (Å²) in [6, 6.07) is 6.11. The largest absolute Gasteiger partial charge is 0.298 e. The van der Waals surface area contributed by atoms with Crippen LogP contribution in [0.5, 0.6) is 0 Å². The SMILES string of the molecule is N#CC(C(=O)CC12CC3CC(CC(C3)C1)C2)c1cccs1. The van der Waals surface area contributed by atoms with Crippen molar-refractivity contribution in [1.29, 1.82) is 5.26 Å². The number of nitriles is 1. The average Bonchev–Trinajstić information content (AvgIpc) is 2.91. The number of carbonyl (C=O) groups excluding carboxylic acids is 1. The molecule has 1 aromatic heterocycles. The third-order valence-corrected chi connectivity index (χ3v) is 6.93. The number of Topliss-reactive ketones (excluding diaryl/α,β-unsaturated/α-hetero) is 1. The molecule has 0 N–H and O–H groups in total. The molecular formula is C18H21NOS. The zero-order valence-electron chi connectivity index (χ0n) is 12.3. The number of carbonyl (C=O) groups is 1. The molecule has 1 atom stereocenters. The number of ketones is 1. The number of nitrogens with zero attached hydrogens (tertiary/aromatic N) is 1. The Kier molecular flexibility index (Phi) is 3.19. The third-order valence-electron chi connectivity index (χ3n) is 5.99. The van der Waals surface area contributed by atoms with Gasteiger partial charge in [0.25, 0.3) is 0 Å². The first-order chi connectivity index (χ1) is 10.2. The minimum absolute atomic E-state index is 0.168. The summed E-state index contributed by atoms with van der Waals surface area (Å²) in [6.07, 6.45) is 8.58. The van der Waals surface area contributed by atoms with E-state index < -0.39 is 5.92 Å². The minimum Gasteiger partial charge on any atom is -0.298 e. The van der Waals surface area contributed by atoms with E-state index >= 15 is 0 Å². The number of hydrogen-bond donors (Lipinski definition) is 0. The van der Waals surface area contributed by atoms with Crippen LogP contribution in [0.25, 0.3) is 0 Å². The lowest BCUT2D eigenvalue weighted by Crippen LogP contribution is -2.47. The van der Waals surface area contributed by atoms with E-state index in [4.69, 9.17) is 0 Å². The average molecular weight is 299 g/mol. The summed E-state index contributed by atoms with van der Waals surface area (Å²) in [4.78, 5) is 13.7. The van der Waals surface area contributed by atoms with Gasteiger partial charge < -0.3 is 0 Å². The van der Waals surface area contributed by atoms with E-state index in [1.54, 1.807) is 0 Å². The molecule has 5 rings (SSSR count). The summed E-state index contributed by atoms with van der Waals surface area (Å²) < 4.78 is 0. The summed E-state index contributed by atoms with van der Waals surface area (Å²) >= 11 is 1.53. The van der Waals surface area contributed by atoms with Crippen molar-refractivity contribution in [2.75, 3.05) is 0 Å². The van der Waals surface area contributed by atoms with Crippen molar-refractivity contribution in [2.24, 2.45) is 23.2 Å². The van der Waals surface area contributed by atoms with E-state index in [2.05, 4.69) is 6.07 Å². The van der Waals surface area contributed by atoms with Gasteiger partial charge in [-0.25, -0.2) is 0 Å². The molecular weight excluding hydrogens is 278 g/mol. The van der Waals surface area contributed by atoms with Crippen molar-refractivity contribution in [1.82, 2.24) is 0 Å². The topological polar surface area (TPSA) is 40.9 Å². The lowest BCUT2D eigenvalue weighted by Gasteiger charge is -2.56. The first-order valence-corrected chi connectivity index (χ1v) is 9.01. The van der Waals surface area contributed by atoms with E-state index in [1.807, 2.05) is 17.5 Å². The Bertz CT molecular complexity index is 548. The van der Waals surface area contributed by atoms with Gasteiger partial charge in [-0.1, -0.05) is 6.07 Å². The van der Waals surface area contributed by atoms with Crippen LogP contribution in [-0.4, -0.2) is 5.78 Å². The molecule has 4 aliphatic carbocycles. The van der Waals surface area contributed by atoms with E-state index in [0.29, 0.717) is 6.42 Å². The van der Waals surface area contributed by atoms with Gasteiger partial charge in [-0.2, -0.15) is 5.26 Å². The molecule has 1 aromatic rings. The first-order valence-electron chi connectivity index (χ1n) is 8.13. The van der Waals surface area contributed by atoms with E-state index in [0.717, 1.165) is 22.6 Å². The number of rotatable bonds is 4. The Morgan fingerprint density at radius 1 is 1.29 bits per heavy atom. The Balaban J connectivity index is 1.53. The van der Waals surface area contributed by atoms with Crippen molar-refractivity contribution < 1.29 is 4.79 Å². The summed E-state index contributed by atoms with van der Waals surface area (Å²) in [5.74, 6) is 2.24. The first kappa shape index (κ1) is 13.5. The van der Waals surface area contributed by atoms with Crippen LogP contribution in [0.2, 0.25) is 0 Å². The van der Waals surface area contributed by atoms with Crippen molar-refractivity contribution in [2.45, 2.75) is 50.9 Å². The summed E-state index contributed by atoms with van der Waals surface area (Å²) in [5, 5.41) is 11.4. The molecule has 0 radical (unpaired) electrons. The van der Waals surface area contributed by atoms with Crippen LogP contribution in [0.3, 0.4) is 0 Å². The van der Waals surface area contributed by atoms with Crippen LogP contribution < -0.4 is 0 Å². The predicted octanol–water partition coefficient (Wildman–Crippen LogP) is 4.53. The fraction of sp³-hybridized carbons (Fsp3) is 0.667. The molecule has 1 heterocycles. The van der Waals surface area contributed by atoms with E-state index in [-0.39, 0.29) is 11.2 Å². The van der Waals surface area contributed by atoms with Gasteiger partial charge in [-0.15, -0.1) is 11.3 Å². The van der Waals surface area contributed by atoms with Gasteiger partial charge in [0.1, 0.15) is 5.92 Å². The highest BCUT2D eigenvalue weighted by Gasteiger charge is 2.51. The van der Waals surface area contributed by atoms with Crippen molar-refractivity contribution in [3.63, 3.8) is 0 Å². The maximum Gasteiger partial charge on any atom is 0.155 e. The smallest absolute Gasteiger partial charge is 0.155 e. The summed E-state index contributed by atoms with van der Waals surface area (Å²) in [5.41, 5.74) is 0.248. The predicted molar refractivity (Wildman–Crippen MR) is 82.9 cm³/mol. The second-order valence-electron chi connectivity index (χ2n) is 7.64. The summed E-state index contributed by atoms with van der Waals surface area (Å²) in [6.45, 7) is 0. The van der Waals surface area contributed by atoms with Crippen molar-refractivity contribution in [3.05, 3.63) is 22.4 Å². The zero-order valence-corrected chi connectivity index (χ0v) is 13.1. The van der Waals surface area contributed by atoms with Crippen LogP contribution in [0.1, 0.15) is 55.7 Å². The molecule has 4 saturated carbocycles. The maximum absolute atomic E-state index is 12.7. The summed E-state index contributed by atoms with van der Waals surface area (Å²) in [7, 11) is 0. The molecule has 2 nitrogen and oxygen atoms in total. The standard InChI is InChI=1S/C18H21NOS/c19-11-15(17-2-1-3-21-17)16(20)10-18-7-12-4-13(8-18)6-14(5-12)9-18/h1-3,12-15H,4-10H2. The molecule has 4 fully saturated rings. The fourth-order valence-corrected chi connectivity index (χ4v) is 6.52. The minimum atomic E-state index is -0.530. The molecule has 4 bridgehead atoms. The monoisotopic (exact) mass is 299 g/mol. The fourth-order valence-electron chi connectivity index (χ4n) is 5.73. The molecule has 3 heteroatoms. The van der Waals surface area contributed by atoms with Gasteiger partial charge in [0.2, 0.25) is 0 Å². The molecule has 1 unspecified atom stereocenters. The van der Waals surface area contributed by atoms with Crippen LogP contribution in [0, 0.1) is 34.5 Å². The highest BCUT2D eigenvalue weighted by molar-refractivity contribution is 7.10. The zero-order chi connectivity index (χ0) is 14.4. The Hall–Kier alpha value is -1.14. The molecule has 0 aliphatic heterocycles. The van der Waals surface area contributed by atoms with Gasteiger partial charge >= 0.3 is 0 Å². The van der Waals surface area contributed by atoms with Gasteiger partial charge in [0.05, 0.1) is 6.07 Å². The normalized spacial score (nSPS) is 38.1. The van der Waals surface area contributed by atoms with Crippen LogP contribution in [-0.2, 0) is 4.79 Å². The maximum atomic E-state index is 12.7. The van der Waals surface area contributed by atoms with Gasteiger partial charge in [-0.05, 0) is 73.1 Å². The molecule has 4 aliphatic rings. The molecule has 0 spiro atoms. The van der Waals surface area contributed by atoms with Crippen LogP contribution in [0.15, 0.2) is 17.5 Å². The van der Waals surface area contributed by atoms with Crippen LogP contribution in [0.4, 0.5) is 0 Å². The highest BCUT2D eigenvalue weighted by atomic mass is 32.1. The molecule has 21 heavy (non-hydrogen) atoms. The van der Waals surface area contributed by atoms with Gasteiger partial charge in [0.15, 0.2) is 5.78 Å². The Labute approximate surface area is 130 Å². The molecule has 0 saturated heterocycles. The van der Waals surface area contributed by atoms with Gasteiger partial charge in [-0.3, -0.25) is 4.79 Å². The van der Waals surface area contributed by atoms with Gasteiger partial charge in [0, 0.05) is 11.3 Å². The van der Waals surface area contributed by atoms with Crippen molar-refractivity contribution >= 4 is 17.1 Å². The van der Waals surface area contributed by atoms with E-state index in [9.17, 15) is 10.1 Å². The quantitative estimate of drug-likeness (QED) is 0.819. The lowest BCUT2D eigenvalue weighted by molar-refractivity contribution is -0.127. The van der Waals surface area contributed by atoms with Crippen LogP contribution >= 0.6 is 11.3 Å². The second kappa shape index (κ2) is 4.95. The lowest BCUT2D eigenvalue weighted by atomic mass is 9.48. The Morgan fingerprint density at radius 3 is 2.38 bits per heavy atom. The molecule has 0 amide bonds. The van der Waals surface area contributed by atoms with Crippen molar-refractivity contribution in [3.8, 4) is 6.07 Å². The van der Waals surface area contributed by atoms with E-state index in [1.165, 1.54) is 49.9 Å². The molecule has 110 valence electrons. The third kappa shape index (κ3) is 2.34. The second-order valence-corrected chi connectivity index (χ2v) is 8.62. The molecule has 0 aromatic carbocycles. The number of hydrogen-bond acceptors (Lipinski definition) is 3. The highest BCUT2D eigenvalue weighted by Crippen LogP contribution is 2.61. The Morgan fingerprint density at radius 2 is 1.90 bits per heavy atom.